The topological polar surface area (TPSA) is 69.6 Å². The number of unbranched alkanes of at least 4 members (excludes halogenated alkanes) is 27. The first kappa shape index (κ1) is 46.6. The van der Waals surface area contributed by atoms with Crippen molar-refractivity contribution in [3.05, 3.63) is 36.5 Å². The van der Waals surface area contributed by atoms with Crippen LogP contribution in [0.25, 0.3) is 0 Å². The summed E-state index contributed by atoms with van der Waals surface area (Å²) in [7, 11) is 0. The molecule has 0 rings (SSSR count). The van der Waals surface area contributed by atoms with Gasteiger partial charge in [0.05, 0.1) is 18.8 Å². The second-order valence-corrected chi connectivity index (χ2v) is 14.4. The molecular formula is C44H83NO3. The molecular weight excluding hydrogens is 590 g/mol. The zero-order valence-corrected chi connectivity index (χ0v) is 32.3. The first-order chi connectivity index (χ1) is 23.7. The zero-order valence-electron chi connectivity index (χ0n) is 32.3. The van der Waals surface area contributed by atoms with E-state index in [1.54, 1.807) is 6.08 Å². The summed E-state index contributed by atoms with van der Waals surface area (Å²) in [6, 6.07) is -0.625. The van der Waals surface area contributed by atoms with E-state index in [1.165, 1.54) is 167 Å². The lowest BCUT2D eigenvalue weighted by Crippen LogP contribution is -2.45. The lowest BCUT2D eigenvalue weighted by molar-refractivity contribution is -0.123. The molecule has 2 unspecified atom stereocenters. The number of hydrogen-bond acceptors (Lipinski definition) is 3. The molecule has 0 heterocycles. The fourth-order valence-corrected chi connectivity index (χ4v) is 6.33. The van der Waals surface area contributed by atoms with E-state index in [0.29, 0.717) is 6.42 Å². The van der Waals surface area contributed by atoms with Crippen molar-refractivity contribution in [1.82, 2.24) is 5.32 Å². The van der Waals surface area contributed by atoms with Gasteiger partial charge in [-0.3, -0.25) is 4.79 Å². The highest BCUT2D eigenvalue weighted by atomic mass is 16.3. The summed E-state index contributed by atoms with van der Waals surface area (Å²) in [5.41, 5.74) is 0. The third-order valence-corrected chi connectivity index (χ3v) is 9.62. The van der Waals surface area contributed by atoms with Crippen LogP contribution in [0.4, 0.5) is 0 Å². The van der Waals surface area contributed by atoms with Crippen LogP contribution in [-0.4, -0.2) is 34.9 Å². The highest BCUT2D eigenvalue weighted by molar-refractivity contribution is 5.76. The largest absolute Gasteiger partial charge is 0.394 e. The smallest absolute Gasteiger partial charge is 0.220 e. The number of rotatable bonds is 38. The van der Waals surface area contributed by atoms with E-state index in [4.69, 9.17) is 0 Å². The van der Waals surface area contributed by atoms with Gasteiger partial charge in [0.2, 0.25) is 5.91 Å². The number of carbonyl (C=O) groups is 1. The van der Waals surface area contributed by atoms with E-state index in [-0.39, 0.29) is 12.5 Å². The average molecular weight is 674 g/mol. The second kappa shape index (κ2) is 40.0. The van der Waals surface area contributed by atoms with Gasteiger partial charge in [-0.15, -0.1) is 0 Å². The molecule has 0 aromatic heterocycles. The van der Waals surface area contributed by atoms with Gasteiger partial charge >= 0.3 is 0 Å². The Balaban J connectivity index is 3.60. The molecule has 282 valence electrons. The molecule has 0 aliphatic rings. The van der Waals surface area contributed by atoms with Crippen LogP contribution in [-0.2, 0) is 4.79 Å². The fourth-order valence-electron chi connectivity index (χ4n) is 6.33. The molecule has 0 aliphatic carbocycles. The maximum Gasteiger partial charge on any atom is 0.220 e. The van der Waals surface area contributed by atoms with Crippen molar-refractivity contribution in [3.8, 4) is 0 Å². The van der Waals surface area contributed by atoms with E-state index >= 15 is 0 Å². The monoisotopic (exact) mass is 674 g/mol. The molecule has 0 aliphatic heterocycles. The Kier molecular flexibility index (Phi) is 38.9. The van der Waals surface area contributed by atoms with Crippen LogP contribution in [0.3, 0.4) is 0 Å². The van der Waals surface area contributed by atoms with Crippen LogP contribution in [0, 0.1) is 0 Å². The van der Waals surface area contributed by atoms with Gasteiger partial charge in [-0.2, -0.15) is 0 Å². The number of hydrogen-bond donors (Lipinski definition) is 3. The minimum Gasteiger partial charge on any atom is -0.394 e. The van der Waals surface area contributed by atoms with Gasteiger partial charge in [-0.05, 0) is 51.4 Å². The summed E-state index contributed by atoms with van der Waals surface area (Å²) < 4.78 is 0. The summed E-state index contributed by atoms with van der Waals surface area (Å²) in [6.45, 7) is 4.29. The molecule has 0 saturated heterocycles. The van der Waals surface area contributed by atoms with Crippen LogP contribution in [0.5, 0.6) is 0 Å². The van der Waals surface area contributed by atoms with E-state index in [2.05, 4.69) is 43.5 Å². The van der Waals surface area contributed by atoms with Crippen LogP contribution >= 0.6 is 0 Å². The van der Waals surface area contributed by atoms with E-state index in [0.717, 1.165) is 32.1 Å². The Hall–Kier alpha value is -1.39. The minimum atomic E-state index is -0.841. The molecule has 0 aromatic carbocycles. The quantitative estimate of drug-likeness (QED) is 0.0451. The summed E-state index contributed by atoms with van der Waals surface area (Å²) in [5.74, 6) is -0.0718. The average Bonchev–Trinajstić information content (AvgIpc) is 3.09. The maximum atomic E-state index is 12.4. The number of aliphatic hydroxyl groups excluding tert-OH is 2. The highest BCUT2D eigenvalue weighted by Crippen LogP contribution is 2.15. The molecule has 0 saturated carbocycles. The van der Waals surface area contributed by atoms with Crippen LogP contribution < -0.4 is 5.32 Å². The lowest BCUT2D eigenvalue weighted by atomic mass is 10.0. The van der Waals surface area contributed by atoms with Gasteiger partial charge < -0.3 is 15.5 Å². The van der Waals surface area contributed by atoms with Crippen molar-refractivity contribution in [1.29, 1.82) is 0 Å². The van der Waals surface area contributed by atoms with Gasteiger partial charge in [-0.25, -0.2) is 0 Å². The standard InChI is InChI=1S/C44H83NO3/c1-3-5-7-9-11-13-15-17-19-21-23-25-27-29-31-33-35-37-39-43(47)42(41-46)45-44(48)40-38-36-34-32-30-28-26-24-22-20-18-16-14-12-10-8-6-4-2/h14,16,20,22,37,39,42-43,46-47H,3-13,15,17-19,21,23-36,38,40-41H2,1-2H3,(H,45,48)/b16-14-,22-20-,39-37+. The van der Waals surface area contributed by atoms with Crippen LogP contribution in [0.2, 0.25) is 0 Å². The molecule has 4 heteroatoms. The summed E-state index contributed by atoms with van der Waals surface area (Å²) >= 11 is 0. The van der Waals surface area contributed by atoms with Crippen molar-refractivity contribution in [2.75, 3.05) is 6.61 Å². The first-order valence-corrected chi connectivity index (χ1v) is 21.2. The van der Waals surface area contributed by atoms with Gasteiger partial charge in [0.25, 0.3) is 0 Å². The molecule has 0 fully saturated rings. The highest BCUT2D eigenvalue weighted by Gasteiger charge is 2.17. The second-order valence-electron chi connectivity index (χ2n) is 14.4. The normalized spacial score (nSPS) is 13.3. The summed E-state index contributed by atoms with van der Waals surface area (Å²) in [5, 5.41) is 23.0. The molecule has 2 atom stereocenters. The molecule has 0 spiro atoms. The first-order valence-electron chi connectivity index (χ1n) is 21.2. The molecule has 4 nitrogen and oxygen atoms in total. The molecule has 48 heavy (non-hydrogen) atoms. The Bertz CT molecular complexity index is 731. The van der Waals surface area contributed by atoms with Crippen molar-refractivity contribution in [2.45, 2.75) is 231 Å². The van der Waals surface area contributed by atoms with E-state index < -0.39 is 12.1 Å². The van der Waals surface area contributed by atoms with Crippen molar-refractivity contribution in [2.24, 2.45) is 0 Å². The number of carbonyl (C=O) groups excluding carboxylic acids is 1. The Morgan fingerprint density at radius 2 is 0.854 bits per heavy atom. The SMILES string of the molecule is CCCCCC/C=C\C/C=C\CCCCCCCCCC(=O)NC(CO)C(O)/C=C/CCCCCCCCCCCCCCCCCC. The number of allylic oxidation sites excluding steroid dienone is 5. The third-order valence-electron chi connectivity index (χ3n) is 9.62. The molecule has 1 amide bonds. The maximum absolute atomic E-state index is 12.4. The molecule has 0 radical (unpaired) electrons. The van der Waals surface area contributed by atoms with Gasteiger partial charge in [0.1, 0.15) is 0 Å². The minimum absolute atomic E-state index is 0.0718. The van der Waals surface area contributed by atoms with Crippen molar-refractivity contribution >= 4 is 5.91 Å². The summed E-state index contributed by atoms with van der Waals surface area (Å²) in [6.07, 6.45) is 52.4. The Morgan fingerprint density at radius 1 is 0.500 bits per heavy atom. The van der Waals surface area contributed by atoms with Crippen molar-refractivity contribution in [3.63, 3.8) is 0 Å². The molecule has 0 bridgehead atoms. The number of aliphatic hydroxyl groups is 2. The fraction of sp³-hybridized carbons (Fsp3) is 0.841. The van der Waals surface area contributed by atoms with Gasteiger partial charge in [-0.1, -0.05) is 198 Å². The van der Waals surface area contributed by atoms with E-state index in [1.807, 2.05) is 6.08 Å². The zero-order chi connectivity index (χ0) is 35.0. The predicted molar refractivity (Wildman–Crippen MR) is 212 cm³/mol. The third kappa shape index (κ3) is 35.9. The van der Waals surface area contributed by atoms with Crippen molar-refractivity contribution < 1.29 is 15.0 Å². The predicted octanol–water partition coefficient (Wildman–Crippen LogP) is 13.0. The van der Waals surface area contributed by atoms with E-state index in [9.17, 15) is 15.0 Å². The van der Waals surface area contributed by atoms with Crippen LogP contribution in [0.1, 0.15) is 219 Å². The lowest BCUT2D eigenvalue weighted by Gasteiger charge is -2.20. The van der Waals surface area contributed by atoms with Gasteiger partial charge in [0.15, 0.2) is 0 Å². The Labute approximate surface area is 300 Å². The van der Waals surface area contributed by atoms with Gasteiger partial charge in [0, 0.05) is 6.42 Å². The number of nitrogens with one attached hydrogen (secondary N) is 1. The summed E-state index contributed by atoms with van der Waals surface area (Å²) in [4.78, 5) is 12.4. The van der Waals surface area contributed by atoms with Crippen LogP contribution in [0.15, 0.2) is 36.5 Å². The number of amides is 1. The molecule has 0 aromatic rings. The molecule has 3 N–H and O–H groups in total. The Morgan fingerprint density at radius 3 is 1.27 bits per heavy atom.